The van der Waals surface area contributed by atoms with Crippen LogP contribution < -0.4 is 10.7 Å². The number of rotatable bonds is 5. The Bertz CT molecular complexity index is 1400. The molecule has 2 heterocycles. The van der Waals surface area contributed by atoms with Crippen molar-refractivity contribution in [2.45, 2.75) is 6.54 Å². The van der Waals surface area contributed by atoms with Crippen LogP contribution in [0.3, 0.4) is 0 Å². The highest BCUT2D eigenvalue weighted by Gasteiger charge is 2.24. The number of aromatic nitrogens is 2. The van der Waals surface area contributed by atoms with Gasteiger partial charge in [0.1, 0.15) is 16.7 Å². The Kier molecular flexibility index (Phi) is 5.70. The maximum atomic E-state index is 14.0. The zero-order valence-electron chi connectivity index (χ0n) is 16.4. The molecule has 32 heavy (non-hydrogen) atoms. The Balaban J connectivity index is 1.89. The average molecular weight is 452 g/mol. The highest BCUT2D eigenvalue weighted by molar-refractivity contribution is 6.29. The minimum Gasteiger partial charge on any atom is -0.477 e. The van der Waals surface area contributed by atoms with Gasteiger partial charge in [0.2, 0.25) is 0 Å². The van der Waals surface area contributed by atoms with Crippen molar-refractivity contribution >= 4 is 34.4 Å². The Morgan fingerprint density at radius 2 is 1.84 bits per heavy atom. The molecule has 0 aliphatic rings. The van der Waals surface area contributed by atoms with Gasteiger partial charge in [-0.2, -0.15) is 0 Å². The molecule has 4 rings (SSSR count). The normalized spacial score (nSPS) is 10.8. The number of nitrogens with zero attached hydrogens (tertiary/aromatic N) is 2. The first-order valence-corrected chi connectivity index (χ1v) is 9.80. The van der Waals surface area contributed by atoms with Gasteiger partial charge < -0.3 is 15.0 Å². The van der Waals surface area contributed by atoms with Crippen LogP contribution in [0.5, 0.6) is 0 Å². The van der Waals surface area contributed by atoms with Gasteiger partial charge >= 0.3 is 5.97 Å². The number of carbonyl (C=O) groups is 2. The zero-order valence-corrected chi connectivity index (χ0v) is 17.1. The Labute approximate surface area is 185 Å². The Hall–Kier alpha value is -4.04. The maximum Gasteiger partial charge on any atom is 0.353 e. The Morgan fingerprint density at radius 1 is 1.09 bits per heavy atom. The third-order valence-electron chi connectivity index (χ3n) is 4.86. The highest BCUT2D eigenvalue weighted by atomic mass is 35.5. The molecule has 2 aromatic carbocycles. The van der Waals surface area contributed by atoms with E-state index < -0.39 is 23.1 Å². The van der Waals surface area contributed by atoms with E-state index in [1.165, 1.54) is 29.0 Å². The van der Waals surface area contributed by atoms with Gasteiger partial charge in [0, 0.05) is 23.8 Å². The topological polar surface area (TPSA) is 101 Å². The third-order valence-corrected chi connectivity index (χ3v) is 5.08. The van der Waals surface area contributed by atoms with Gasteiger partial charge in [-0.05, 0) is 42.5 Å². The number of nitrogens with one attached hydrogen (secondary N) is 1. The fourth-order valence-electron chi connectivity index (χ4n) is 3.42. The van der Waals surface area contributed by atoms with Gasteiger partial charge in [-0.3, -0.25) is 9.59 Å². The van der Waals surface area contributed by atoms with Gasteiger partial charge in [0.15, 0.2) is 5.43 Å². The molecule has 4 aromatic rings. The van der Waals surface area contributed by atoms with Crippen molar-refractivity contribution in [2.75, 3.05) is 0 Å². The molecule has 0 aliphatic heterocycles. The van der Waals surface area contributed by atoms with Crippen molar-refractivity contribution in [3.05, 3.63) is 105 Å². The summed E-state index contributed by atoms with van der Waals surface area (Å²) in [5.74, 6) is -2.57. The van der Waals surface area contributed by atoms with Crippen LogP contribution in [0.25, 0.3) is 16.6 Å². The average Bonchev–Trinajstić information content (AvgIpc) is 2.78. The molecular weight excluding hydrogens is 437 g/mol. The molecule has 0 atom stereocenters. The summed E-state index contributed by atoms with van der Waals surface area (Å²) in [6.07, 6.45) is 1.27. The molecule has 0 aliphatic carbocycles. The van der Waals surface area contributed by atoms with Crippen molar-refractivity contribution in [3.8, 4) is 5.69 Å². The Morgan fingerprint density at radius 3 is 2.50 bits per heavy atom. The number of hydrogen-bond acceptors (Lipinski definition) is 4. The van der Waals surface area contributed by atoms with Crippen LogP contribution in [0.2, 0.25) is 5.15 Å². The second-order valence-corrected chi connectivity index (χ2v) is 7.23. The van der Waals surface area contributed by atoms with Crippen LogP contribution in [0.4, 0.5) is 4.39 Å². The molecule has 7 nitrogen and oxygen atoms in total. The van der Waals surface area contributed by atoms with Crippen LogP contribution in [-0.2, 0) is 6.54 Å². The van der Waals surface area contributed by atoms with Crippen LogP contribution in [0.15, 0.2) is 71.7 Å². The maximum absolute atomic E-state index is 14.0. The number of amides is 1. The smallest absolute Gasteiger partial charge is 0.353 e. The number of carboxylic acid groups (broad SMARTS) is 1. The number of pyridine rings is 2. The number of hydrogen-bond donors (Lipinski definition) is 2. The highest BCUT2D eigenvalue weighted by Crippen LogP contribution is 2.23. The molecule has 0 spiro atoms. The van der Waals surface area contributed by atoms with Gasteiger partial charge in [-0.15, -0.1) is 0 Å². The summed E-state index contributed by atoms with van der Waals surface area (Å²) in [5, 5.41) is 12.9. The lowest BCUT2D eigenvalue weighted by atomic mass is 10.1. The van der Waals surface area contributed by atoms with Crippen molar-refractivity contribution < 1.29 is 19.1 Å². The summed E-state index contributed by atoms with van der Waals surface area (Å²) < 4.78 is 15.3. The molecule has 0 radical (unpaired) electrons. The van der Waals surface area contributed by atoms with E-state index in [9.17, 15) is 23.9 Å². The van der Waals surface area contributed by atoms with Crippen molar-refractivity contribution in [1.82, 2.24) is 14.9 Å². The minimum atomic E-state index is -1.39. The summed E-state index contributed by atoms with van der Waals surface area (Å²) in [6, 6.07) is 14.8. The molecule has 9 heteroatoms. The van der Waals surface area contributed by atoms with Crippen molar-refractivity contribution in [3.63, 3.8) is 0 Å². The summed E-state index contributed by atoms with van der Waals surface area (Å²) >= 11 is 5.73. The number of carbonyl (C=O) groups excluding carboxylic acids is 1. The minimum absolute atomic E-state index is 0.107. The molecule has 0 bridgehead atoms. The molecule has 2 aromatic heterocycles. The van der Waals surface area contributed by atoms with E-state index in [2.05, 4.69) is 10.3 Å². The van der Waals surface area contributed by atoms with E-state index in [0.717, 1.165) is 12.1 Å². The molecule has 2 N–H and O–H groups in total. The summed E-state index contributed by atoms with van der Waals surface area (Å²) in [5.41, 5.74) is -0.397. The van der Waals surface area contributed by atoms with E-state index in [0.29, 0.717) is 5.69 Å². The predicted molar refractivity (Wildman–Crippen MR) is 117 cm³/mol. The van der Waals surface area contributed by atoms with E-state index in [4.69, 9.17) is 11.6 Å². The number of benzene rings is 2. The van der Waals surface area contributed by atoms with Crippen LogP contribution in [0.1, 0.15) is 26.4 Å². The predicted octanol–water partition coefficient (Wildman–Crippen LogP) is 3.81. The SMILES string of the molecule is O=C(NCc1c(C(=O)O)n(-c2ccccc2)c2cc(F)ccc2c1=O)c1ccc(Cl)nc1. The fraction of sp³-hybridized carbons (Fsp3) is 0.0435. The molecule has 0 fully saturated rings. The summed E-state index contributed by atoms with van der Waals surface area (Å²) in [6.45, 7) is -0.359. The van der Waals surface area contributed by atoms with E-state index in [1.807, 2.05) is 0 Å². The van der Waals surface area contributed by atoms with E-state index >= 15 is 0 Å². The summed E-state index contributed by atoms with van der Waals surface area (Å²) in [7, 11) is 0. The molecule has 160 valence electrons. The van der Waals surface area contributed by atoms with Crippen LogP contribution in [-0.4, -0.2) is 26.5 Å². The van der Waals surface area contributed by atoms with E-state index in [1.54, 1.807) is 30.3 Å². The first-order valence-electron chi connectivity index (χ1n) is 9.42. The second kappa shape index (κ2) is 8.60. The first kappa shape index (κ1) is 21.2. The number of aromatic carboxylic acids is 1. The molecule has 0 saturated carbocycles. The number of fused-ring (bicyclic) bond motifs is 1. The van der Waals surface area contributed by atoms with Gasteiger partial charge in [0.25, 0.3) is 5.91 Å². The second-order valence-electron chi connectivity index (χ2n) is 6.85. The molecule has 1 amide bonds. The third kappa shape index (κ3) is 3.95. The zero-order chi connectivity index (χ0) is 22.8. The number of carboxylic acids is 1. The lowest BCUT2D eigenvalue weighted by Crippen LogP contribution is -2.30. The van der Waals surface area contributed by atoms with Gasteiger partial charge in [0.05, 0.1) is 16.6 Å². The monoisotopic (exact) mass is 451 g/mol. The molecule has 0 unspecified atom stereocenters. The molecule has 0 saturated heterocycles. The largest absolute Gasteiger partial charge is 0.477 e. The van der Waals surface area contributed by atoms with Crippen molar-refractivity contribution in [1.29, 1.82) is 0 Å². The number of para-hydroxylation sites is 1. The van der Waals surface area contributed by atoms with Crippen LogP contribution in [0, 0.1) is 5.82 Å². The fourth-order valence-corrected chi connectivity index (χ4v) is 3.53. The first-order chi connectivity index (χ1) is 15.4. The lowest BCUT2D eigenvalue weighted by molar-refractivity contribution is 0.0685. The standard InChI is InChI=1S/C23H15ClFN3O4/c24-19-9-6-13(11-26-19)22(30)27-12-17-20(23(31)32)28(15-4-2-1-3-5-15)18-10-14(25)7-8-16(18)21(17)29/h1-11H,12H2,(H,27,30)(H,31,32). The van der Waals surface area contributed by atoms with E-state index in [-0.39, 0.29) is 39.4 Å². The summed E-state index contributed by atoms with van der Waals surface area (Å²) in [4.78, 5) is 41.7. The molecular formula is C23H15ClFN3O4. The van der Waals surface area contributed by atoms with Gasteiger partial charge in [-0.1, -0.05) is 29.8 Å². The lowest BCUT2D eigenvalue weighted by Gasteiger charge is -2.18. The number of halogens is 2. The quantitative estimate of drug-likeness (QED) is 0.449. The van der Waals surface area contributed by atoms with Crippen LogP contribution >= 0.6 is 11.6 Å². The van der Waals surface area contributed by atoms with Gasteiger partial charge in [-0.25, -0.2) is 14.2 Å². The van der Waals surface area contributed by atoms with Crippen molar-refractivity contribution in [2.24, 2.45) is 0 Å².